The molecule has 1 amide bonds. The highest BCUT2D eigenvalue weighted by molar-refractivity contribution is 7.99. The second-order valence-electron chi connectivity index (χ2n) is 8.55. The molecule has 2 aromatic carbocycles. The van der Waals surface area contributed by atoms with Crippen LogP contribution in [0.2, 0.25) is 0 Å². The average molecular weight is 537 g/mol. The predicted molar refractivity (Wildman–Crippen MR) is 148 cm³/mol. The zero-order valence-electron chi connectivity index (χ0n) is 21.3. The molecule has 4 aromatic rings. The van der Waals surface area contributed by atoms with E-state index in [-0.39, 0.29) is 11.7 Å². The van der Waals surface area contributed by atoms with Gasteiger partial charge in [0.2, 0.25) is 5.91 Å². The van der Waals surface area contributed by atoms with Gasteiger partial charge in [-0.1, -0.05) is 62.0 Å². The van der Waals surface area contributed by atoms with Crippen LogP contribution >= 0.6 is 23.1 Å². The van der Waals surface area contributed by atoms with E-state index in [0.717, 1.165) is 17.0 Å². The Labute approximate surface area is 224 Å². The van der Waals surface area contributed by atoms with Crippen LogP contribution in [-0.4, -0.2) is 46.6 Å². The molecule has 0 saturated heterocycles. The zero-order chi connectivity index (χ0) is 26.5. The minimum atomic E-state index is -0.517. The van der Waals surface area contributed by atoms with E-state index >= 15 is 0 Å². The Morgan fingerprint density at radius 2 is 1.70 bits per heavy atom. The first-order chi connectivity index (χ1) is 17.8. The third-order valence-electron chi connectivity index (χ3n) is 5.84. The van der Waals surface area contributed by atoms with Crippen molar-refractivity contribution in [1.29, 1.82) is 0 Å². The molecule has 0 saturated carbocycles. The molecule has 192 valence electrons. The number of rotatable bonds is 9. The lowest BCUT2D eigenvalue weighted by molar-refractivity contribution is -0.113. The first kappa shape index (κ1) is 26.4. The van der Waals surface area contributed by atoms with Crippen molar-refractivity contribution in [2.75, 3.05) is 25.3 Å². The van der Waals surface area contributed by atoms with Crippen LogP contribution in [0.4, 0.5) is 5.00 Å². The highest BCUT2D eigenvalue weighted by atomic mass is 32.2. The molecular weight excluding hydrogens is 508 g/mol. The molecule has 10 heteroatoms. The number of benzene rings is 2. The lowest BCUT2D eigenvalue weighted by Gasteiger charge is -2.09. The molecule has 2 aromatic heterocycles. The second kappa shape index (κ2) is 11.6. The normalized spacial score (nSPS) is 11.0. The first-order valence-corrected chi connectivity index (χ1v) is 13.5. The van der Waals surface area contributed by atoms with Crippen molar-refractivity contribution < 1.29 is 19.1 Å². The molecule has 1 N–H and O–H groups in total. The molecular formula is C27H28N4O4S2. The van der Waals surface area contributed by atoms with Crippen LogP contribution in [0.5, 0.6) is 5.75 Å². The predicted octanol–water partition coefficient (Wildman–Crippen LogP) is 5.86. The number of nitrogens with one attached hydrogen (secondary N) is 1. The van der Waals surface area contributed by atoms with E-state index in [1.165, 1.54) is 35.8 Å². The van der Waals surface area contributed by atoms with Crippen LogP contribution in [0.15, 0.2) is 59.1 Å². The molecule has 0 radical (unpaired) electrons. The van der Waals surface area contributed by atoms with Crippen molar-refractivity contribution >= 4 is 40.0 Å². The SMILES string of the molecule is COC(=O)c1c(-c2ccc(OC)cc2)csc1NC(=O)CSc1nnc(-c2ccc(C(C)C)cc2)n1C. The molecule has 8 nitrogen and oxygen atoms in total. The molecule has 0 aliphatic heterocycles. The van der Waals surface area contributed by atoms with Gasteiger partial charge in [-0.15, -0.1) is 21.5 Å². The zero-order valence-corrected chi connectivity index (χ0v) is 22.9. The van der Waals surface area contributed by atoms with Gasteiger partial charge in [-0.3, -0.25) is 4.79 Å². The third-order valence-corrected chi connectivity index (χ3v) is 7.75. The number of thiophene rings is 1. The number of anilines is 1. The molecule has 0 atom stereocenters. The van der Waals surface area contributed by atoms with Gasteiger partial charge in [0.15, 0.2) is 11.0 Å². The molecule has 4 rings (SSSR count). The quantitative estimate of drug-likeness (QED) is 0.211. The number of hydrogen-bond donors (Lipinski definition) is 1. The van der Waals surface area contributed by atoms with Crippen molar-refractivity contribution in [1.82, 2.24) is 14.8 Å². The number of nitrogens with zero attached hydrogens (tertiary/aromatic N) is 3. The minimum absolute atomic E-state index is 0.106. The Hall–Kier alpha value is -3.63. The van der Waals surface area contributed by atoms with Crippen LogP contribution in [-0.2, 0) is 16.6 Å². The van der Waals surface area contributed by atoms with E-state index in [4.69, 9.17) is 9.47 Å². The number of esters is 1. The largest absolute Gasteiger partial charge is 0.497 e. The average Bonchev–Trinajstić information content (AvgIpc) is 3.50. The standard InChI is InChI=1S/C27H28N4O4S2/c1-16(2)17-6-8-19(9-7-17)24-29-30-27(31(24)3)37-15-22(32)28-25-23(26(33)35-5)21(14-36-25)18-10-12-20(34-4)13-11-18/h6-14,16H,15H2,1-5H3,(H,28,32). The highest BCUT2D eigenvalue weighted by Gasteiger charge is 2.23. The summed E-state index contributed by atoms with van der Waals surface area (Å²) >= 11 is 2.55. The highest BCUT2D eigenvalue weighted by Crippen LogP contribution is 2.37. The summed E-state index contributed by atoms with van der Waals surface area (Å²) in [7, 11) is 4.79. The lowest BCUT2D eigenvalue weighted by atomic mass is 10.0. The van der Waals surface area contributed by atoms with Gasteiger partial charge in [0.05, 0.1) is 20.0 Å². The van der Waals surface area contributed by atoms with Crippen LogP contribution in [0.25, 0.3) is 22.5 Å². The number of aromatic nitrogens is 3. The summed E-state index contributed by atoms with van der Waals surface area (Å²) in [6, 6.07) is 15.6. The monoisotopic (exact) mass is 536 g/mol. The molecule has 0 aliphatic rings. The number of carbonyl (C=O) groups excluding carboxylic acids is 2. The Bertz CT molecular complexity index is 1390. The van der Waals surface area contributed by atoms with Crippen LogP contribution in [0, 0.1) is 0 Å². The molecule has 0 unspecified atom stereocenters. The maximum atomic E-state index is 12.8. The smallest absolute Gasteiger partial charge is 0.341 e. The van der Waals surface area contributed by atoms with Gasteiger partial charge in [-0.05, 0) is 29.2 Å². The lowest BCUT2D eigenvalue weighted by Crippen LogP contribution is -2.16. The molecule has 37 heavy (non-hydrogen) atoms. The fourth-order valence-corrected chi connectivity index (χ4v) is 5.42. The van der Waals surface area contributed by atoms with Gasteiger partial charge in [-0.2, -0.15) is 0 Å². The van der Waals surface area contributed by atoms with E-state index < -0.39 is 5.97 Å². The van der Waals surface area contributed by atoms with E-state index in [0.29, 0.717) is 33.0 Å². The number of methoxy groups -OCH3 is 2. The van der Waals surface area contributed by atoms with Gasteiger partial charge in [0, 0.05) is 23.6 Å². The van der Waals surface area contributed by atoms with E-state index in [9.17, 15) is 9.59 Å². The second-order valence-corrected chi connectivity index (χ2v) is 10.4. The maximum absolute atomic E-state index is 12.8. The molecule has 2 heterocycles. The number of hydrogen-bond acceptors (Lipinski definition) is 8. The van der Waals surface area contributed by atoms with E-state index in [1.54, 1.807) is 7.11 Å². The van der Waals surface area contributed by atoms with Gasteiger partial charge >= 0.3 is 5.97 Å². The Morgan fingerprint density at radius 1 is 1.03 bits per heavy atom. The van der Waals surface area contributed by atoms with Gasteiger partial charge < -0.3 is 19.4 Å². The van der Waals surface area contributed by atoms with Crippen molar-refractivity contribution in [3.8, 4) is 28.3 Å². The molecule has 0 spiro atoms. The van der Waals surface area contributed by atoms with Gasteiger partial charge in [0.1, 0.15) is 16.3 Å². The van der Waals surface area contributed by atoms with Crippen LogP contribution in [0.3, 0.4) is 0 Å². The van der Waals surface area contributed by atoms with Crippen molar-refractivity contribution in [2.45, 2.75) is 24.9 Å². The van der Waals surface area contributed by atoms with Gasteiger partial charge in [-0.25, -0.2) is 4.79 Å². The topological polar surface area (TPSA) is 95.3 Å². The summed E-state index contributed by atoms with van der Waals surface area (Å²) in [6.07, 6.45) is 0. The van der Waals surface area contributed by atoms with E-state index in [1.807, 2.05) is 53.4 Å². The molecule has 0 bridgehead atoms. The van der Waals surface area contributed by atoms with Crippen LogP contribution in [0.1, 0.15) is 35.7 Å². The van der Waals surface area contributed by atoms with Crippen molar-refractivity contribution in [3.05, 3.63) is 65.0 Å². The molecule has 0 fully saturated rings. The molecule has 0 aliphatic carbocycles. The fourth-order valence-electron chi connectivity index (χ4n) is 3.74. The third kappa shape index (κ3) is 5.86. The number of ether oxygens (including phenoxy) is 2. The number of thioether (sulfide) groups is 1. The Morgan fingerprint density at radius 3 is 2.32 bits per heavy atom. The summed E-state index contributed by atoms with van der Waals surface area (Å²) in [6.45, 7) is 4.31. The first-order valence-electron chi connectivity index (χ1n) is 11.6. The Kier molecular flexibility index (Phi) is 8.30. The number of amides is 1. The maximum Gasteiger partial charge on any atom is 0.341 e. The summed E-state index contributed by atoms with van der Waals surface area (Å²) < 4.78 is 12.1. The summed E-state index contributed by atoms with van der Waals surface area (Å²) in [5.74, 6) is 1.22. The van der Waals surface area contributed by atoms with Gasteiger partial charge in [0.25, 0.3) is 0 Å². The van der Waals surface area contributed by atoms with E-state index in [2.05, 4.69) is 41.5 Å². The Balaban J connectivity index is 1.46. The summed E-state index contributed by atoms with van der Waals surface area (Å²) in [5, 5.41) is 14.3. The summed E-state index contributed by atoms with van der Waals surface area (Å²) in [4.78, 5) is 25.4. The van der Waals surface area contributed by atoms with Crippen molar-refractivity contribution in [2.24, 2.45) is 7.05 Å². The number of carbonyl (C=O) groups is 2. The van der Waals surface area contributed by atoms with Crippen LogP contribution < -0.4 is 10.1 Å². The fraction of sp³-hybridized carbons (Fsp3) is 0.259. The minimum Gasteiger partial charge on any atom is -0.497 e. The summed E-state index contributed by atoms with van der Waals surface area (Å²) in [5.41, 5.74) is 4.04. The van der Waals surface area contributed by atoms with Crippen molar-refractivity contribution in [3.63, 3.8) is 0 Å².